The summed E-state index contributed by atoms with van der Waals surface area (Å²) in [5.41, 5.74) is 1.75. The van der Waals surface area contributed by atoms with Crippen molar-refractivity contribution < 1.29 is 4.79 Å². The van der Waals surface area contributed by atoms with Crippen LogP contribution in [0.5, 0.6) is 0 Å². The molecule has 2 N–H and O–H groups in total. The normalized spacial score (nSPS) is 15.8. The first-order valence-corrected chi connectivity index (χ1v) is 6.07. The van der Waals surface area contributed by atoms with Crippen molar-refractivity contribution in [1.82, 2.24) is 10.2 Å². The summed E-state index contributed by atoms with van der Waals surface area (Å²) in [5, 5.41) is 6.73. The zero-order chi connectivity index (χ0) is 12.3. The van der Waals surface area contributed by atoms with Crippen LogP contribution in [0.1, 0.15) is 5.56 Å². The number of anilines is 1. The number of nitrogens with one attached hydrogen (secondary N) is 2. The Balaban J connectivity index is 1.99. The molecule has 92 valence electrons. The van der Waals surface area contributed by atoms with Crippen molar-refractivity contribution in [1.29, 1.82) is 0 Å². The molecule has 0 radical (unpaired) electrons. The second kappa shape index (κ2) is 5.38. The number of piperazine rings is 1. The largest absolute Gasteiger partial charge is 0.322 e. The molecule has 0 unspecified atom stereocenters. The molecule has 17 heavy (non-hydrogen) atoms. The Bertz CT molecular complexity index is 416. The Morgan fingerprint density at radius 3 is 2.76 bits per heavy atom. The molecule has 0 aliphatic carbocycles. The highest BCUT2D eigenvalue weighted by Crippen LogP contribution is 2.20. The number of hydrogen-bond acceptors (Lipinski definition) is 2. The van der Waals surface area contributed by atoms with Gasteiger partial charge in [0.15, 0.2) is 0 Å². The van der Waals surface area contributed by atoms with Gasteiger partial charge in [0.1, 0.15) is 0 Å². The molecule has 1 aliphatic heterocycles. The topological polar surface area (TPSA) is 44.4 Å². The summed E-state index contributed by atoms with van der Waals surface area (Å²) in [5.74, 6) is 0. The Labute approximate surface area is 106 Å². The fourth-order valence-electron chi connectivity index (χ4n) is 1.74. The van der Waals surface area contributed by atoms with Gasteiger partial charge in [-0.3, -0.25) is 0 Å². The summed E-state index contributed by atoms with van der Waals surface area (Å²) in [4.78, 5) is 13.7. The van der Waals surface area contributed by atoms with E-state index in [-0.39, 0.29) is 6.03 Å². The fourth-order valence-corrected chi connectivity index (χ4v) is 1.92. The molecule has 2 rings (SSSR count). The quantitative estimate of drug-likeness (QED) is 0.805. The molecular weight excluding hydrogens is 238 g/mol. The first-order valence-electron chi connectivity index (χ1n) is 5.69. The van der Waals surface area contributed by atoms with Gasteiger partial charge in [0.05, 0.1) is 0 Å². The van der Waals surface area contributed by atoms with Crippen LogP contribution in [0.4, 0.5) is 10.5 Å². The van der Waals surface area contributed by atoms with Crippen molar-refractivity contribution >= 4 is 23.3 Å². The number of rotatable bonds is 1. The third-order valence-corrected chi connectivity index (χ3v) is 3.23. The smallest absolute Gasteiger partial charge is 0.321 e. The van der Waals surface area contributed by atoms with E-state index in [1.54, 1.807) is 11.0 Å². The number of hydrogen-bond donors (Lipinski definition) is 2. The third kappa shape index (κ3) is 3.11. The highest BCUT2D eigenvalue weighted by Gasteiger charge is 2.15. The van der Waals surface area contributed by atoms with Gasteiger partial charge in [-0.25, -0.2) is 4.79 Å². The summed E-state index contributed by atoms with van der Waals surface area (Å²) < 4.78 is 0. The second-order valence-corrected chi connectivity index (χ2v) is 4.54. The van der Waals surface area contributed by atoms with E-state index in [0.717, 1.165) is 37.4 Å². The van der Waals surface area contributed by atoms with E-state index in [0.29, 0.717) is 5.02 Å². The average molecular weight is 254 g/mol. The lowest BCUT2D eigenvalue weighted by Gasteiger charge is -2.27. The van der Waals surface area contributed by atoms with Gasteiger partial charge in [0.25, 0.3) is 0 Å². The molecular formula is C12H16ClN3O. The maximum Gasteiger partial charge on any atom is 0.321 e. The second-order valence-electron chi connectivity index (χ2n) is 4.13. The molecule has 1 aromatic carbocycles. The van der Waals surface area contributed by atoms with Crippen LogP contribution in [0.25, 0.3) is 0 Å². The number of benzene rings is 1. The van der Waals surface area contributed by atoms with Crippen LogP contribution in [0.15, 0.2) is 18.2 Å². The van der Waals surface area contributed by atoms with E-state index in [1.165, 1.54) is 0 Å². The zero-order valence-corrected chi connectivity index (χ0v) is 10.5. The molecule has 4 nitrogen and oxygen atoms in total. The monoisotopic (exact) mass is 253 g/mol. The number of aryl methyl sites for hydroxylation is 1. The van der Waals surface area contributed by atoms with Crippen molar-refractivity contribution in [3.63, 3.8) is 0 Å². The molecule has 0 atom stereocenters. The molecule has 2 amide bonds. The molecule has 0 bridgehead atoms. The van der Waals surface area contributed by atoms with Crippen molar-refractivity contribution in [2.75, 3.05) is 31.5 Å². The Morgan fingerprint density at radius 2 is 2.12 bits per heavy atom. The van der Waals surface area contributed by atoms with Crippen molar-refractivity contribution in [2.45, 2.75) is 6.92 Å². The van der Waals surface area contributed by atoms with Crippen LogP contribution in [0.3, 0.4) is 0 Å². The summed E-state index contributed by atoms with van der Waals surface area (Å²) in [6.07, 6.45) is 0. The molecule has 1 aliphatic rings. The van der Waals surface area contributed by atoms with Crippen molar-refractivity contribution in [3.8, 4) is 0 Å². The lowest BCUT2D eigenvalue weighted by Crippen LogP contribution is -2.48. The van der Waals surface area contributed by atoms with Crippen LogP contribution in [-0.2, 0) is 0 Å². The maximum atomic E-state index is 11.9. The van der Waals surface area contributed by atoms with E-state index < -0.39 is 0 Å². The van der Waals surface area contributed by atoms with E-state index in [9.17, 15) is 4.79 Å². The number of nitrogens with zero attached hydrogens (tertiary/aromatic N) is 1. The molecule has 0 aromatic heterocycles. The number of carbonyl (C=O) groups is 1. The lowest BCUT2D eigenvalue weighted by molar-refractivity contribution is 0.204. The van der Waals surface area contributed by atoms with Gasteiger partial charge in [0.2, 0.25) is 0 Å². The van der Waals surface area contributed by atoms with Crippen molar-refractivity contribution in [2.24, 2.45) is 0 Å². The van der Waals surface area contributed by atoms with Gasteiger partial charge in [-0.2, -0.15) is 0 Å². The molecule has 0 spiro atoms. The number of carbonyl (C=O) groups excluding carboxylic acids is 1. The van der Waals surface area contributed by atoms with Crippen LogP contribution >= 0.6 is 11.6 Å². The Kier molecular flexibility index (Phi) is 3.86. The number of halogens is 1. The van der Waals surface area contributed by atoms with Gasteiger partial charge in [-0.05, 0) is 24.6 Å². The standard InChI is InChI=1S/C12H16ClN3O/c1-9-2-3-10(8-11(9)13)15-12(17)16-6-4-14-5-7-16/h2-3,8,14H,4-7H2,1H3,(H,15,17). The minimum absolute atomic E-state index is 0.0635. The summed E-state index contributed by atoms with van der Waals surface area (Å²) in [6, 6.07) is 5.47. The summed E-state index contributed by atoms with van der Waals surface area (Å²) in [6.45, 7) is 5.12. The molecule has 1 aromatic rings. The maximum absolute atomic E-state index is 11.9. The minimum atomic E-state index is -0.0635. The molecule has 1 saturated heterocycles. The van der Waals surface area contributed by atoms with Crippen LogP contribution in [0, 0.1) is 6.92 Å². The number of amides is 2. The molecule has 1 fully saturated rings. The average Bonchev–Trinajstić information content (AvgIpc) is 2.35. The van der Waals surface area contributed by atoms with E-state index in [4.69, 9.17) is 11.6 Å². The first kappa shape index (κ1) is 12.2. The predicted molar refractivity (Wildman–Crippen MR) is 69.7 cm³/mol. The van der Waals surface area contributed by atoms with Crippen LogP contribution in [0.2, 0.25) is 5.02 Å². The van der Waals surface area contributed by atoms with Crippen LogP contribution < -0.4 is 10.6 Å². The van der Waals surface area contributed by atoms with Crippen molar-refractivity contribution in [3.05, 3.63) is 28.8 Å². The van der Waals surface area contributed by atoms with Crippen LogP contribution in [-0.4, -0.2) is 37.1 Å². The van der Waals surface area contributed by atoms with E-state index in [1.807, 2.05) is 19.1 Å². The highest BCUT2D eigenvalue weighted by molar-refractivity contribution is 6.31. The zero-order valence-electron chi connectivity index (χ0n) is 9.79. The summed E-state index contributed by atoms with van der Waals surface area (Å²) >= 11 is 6.01. The highest BCUT2D eigenvalue weighted by atomic mass is 35.5. The third-order valence-electron chi connectivity index (χ3n) is 2.83. The molecule has 1 heterocycles. The van der Waals surface area contributed by atoms with E-state index in [2.05, 4.69) is 10.6 Å². The van der Waals surface area contributed by atoms with E-state index >= 15 is 0 Å². The number of urea groups is 1. The Morgan fingerprint density at radius 1 is 1.41 bits per heavy atom. The van der Waals surface area contributed by atoms with Gasteiger partial charge >= 0.3 is 6.03 Å². The van der Waals surface area contributed by atoms with Gasteiger partial charge in [-0.15, -0.1) is 0 Å². The lowest BCUT2D eigenvalue weighted by atomic mass is 10.2. The molecule has 5 heteroatoms. The molecule has 0 saturated carbocycles. The van der Waals surface area contributed by atoms with Gasteiger partial charge < -0.3 is 15.5 Å². The summed E-state index contributed by atoms with van der Waals surface area (Å²) in [7, 11) is 0. The predicted octanol–water partition coefficient (Wildman–Crippen LogP) is 2.09. The minimum Gasteiger partial charge on any atom is -0.322 e. The van der Waals surface area contributed by atoms with Gasteiger partial charge in [-0.1, -0.05) is 17.7 Å². The van der Waals surface area contributed by atoms with Gasteiger partial charge in [0, 0.05) is 36.9 Å². The first-order chi connectivity index (χ1) is 8.16. The fraction of sp³-hybridized carbons (Fsp3) is 0.417. The Hall–Kier alpha value is -1.26. The SMILES string of the molecule is Cc1ccc(NC(=O)N2CCNCC2)cc1Cl.